The number of nitrogens with zero attached hydrogens (tertiary/aromatic N) is 1. The number of phosphoric ester groups is 1. The van der Waals surface area contributed by atoms with Crippen LogP contribution in [-0.2, 0) is 32.7 Å². The van der Waals surface area contributed by atoms with Crippen LogP contribution in [0.15, 0.2) is 146 Å². The molecule has 0 saturated carbocycles. The second-order valence-corrected chi connectivity index (χ2v) is 22.4. The fraction of sp³-hybridized carbons (Fsp3) is 0.618. The smallest absolute Gasteiger partial charge is 0.306 e. The zero-order valence-electron chi connectivity index (χ0n) is 50.1. The quantitative estimate of drug-likeness (QED) is 0.0195. The molecule has 2 atom stereocenters. The van der Waals surface area contributed by atoms with Gasteiger partial charge in [-0.2, -0.15) is 0 Å². The van der Waals surface area contributed by atoms with E-state index in [4.69, 9.17) is 18.5 Å². The van der Waals surface area contributed by atoms with Gasteiger partial charge < -0.3 is 27.9 Å². The number of carbonyl (C=O) groups excluding carboxylic acids is 2. The van der Waals surface area contributed by atoms with Gasteiger partial charge >= 0.3 is 11.9 Å². The van der Waals surface area contributed by atoms with Crippen LogP contribution in [0, 0.1) is 0 Å². The molecular formula is C68H112NO8P. The Morgan fingerprint density at radius 1 is 0.397 bits per heavy atom. The largest absolute Gasteiger partial charge is 0.756 e. The minimum Gasteiger partial charge on any atom is -0.756 e. The minimum absolute atomic E-state index is 0.0438. The standard InChI is InChI=1S/C68H112NO8P/c1-6-8-10-12-14-16-18-20-22-24-26-28-30-32-34-36-38-40-42-44-46-48-50-52-54-56-58-60-67(70)74-64-66(65-76-78(72,73)75-63-62-69(3,4)5)77-68(71)61-59-57-55-53-51-49-47-45-43-41-39-37-35-33-31-29-27-25-23-21-19-17-15-13-11-9-7-2/h8-11,14-17,20-23,26-29,32-35,39,41,45,47,66H,6-7,12-13,18-19,24-25,30-31,36-38,40,42-44,46,48-65H2,1-5H3/b10-8-,11-9-,16-14-,17-15-,22-20-,23-21-,28-26-,29-27-,34-32-,35-33-,41-39-,47-45-. The Balaban J connectivity index is 4.24. The van der Waals surface area contributed by atoms with Crippen LogP contribution in [0.25, 0.3) is 0 Å². The molecule has 0 aromatic heterocycles. The van der Waals surface area contributed by atoms with E-state index < -0.39 is 32.5 Å². The van der Waals surface area contributed by atoms with Gasteiger partial charge in [0.2, 0.25) is 0 Å². The van der Waals surface area contributed by atoms with Crippen LogP contribution >= 0.6 is 7.82 Å². The normalized spacial score (nSPS) is 14.3. The predicted molar refractivity (Wildman–Crippen MR) is 332 cm³/mol. The second-order valence-electron chi connectivity index (χ2n) is 20.9. The third kappa shape index (κ3) is 61.1. The number of likely N-dealkylation sites (N-methyl/N-ethyl adjacent to an activating group) is 1. The Kier molecular flexibility index (Phi) is 54.5. The first-order valence-corrected chi connectivity index (χ1v) is 32.0. The van der Waals surface area contributed by atoms with E-state index in [-0.39, 0.29) is 26.1 Å². The highest BCUT2D eigenvalue weighted by molar-refractivity contribution is 7.45. The van der Waals surface area contributed by atoms with Gasteiger partial charge in [0.1, 0.15) is 19.8 Å². The fourth-order valence-electron chi connectivity index (χ4n) is 7.72. The molecule has 0 aliphatic heterocycles. The Morgan fingerprint density at radius 2 is 0.692 bits per heavy atom. The van der Waals surface area contributed by atoms with Crippen molar-refractivity contribution in [2.75, 3.05) is 47.5 Å². The molecule has 0 fully saturated rings. The topological polar surface area (TPSA) is 111 Å². The van der Waals surface area contributed by atoms with Crippen molar-refractivity contribution < 1.29 is 42.1 Å². The molecule has 2 unspecified atom stereocenters. The lowest BCUT2D eigenvalue weighted by atomic mass is 10.0. The van der Waals surface area contributed by atoms with E-state index in [0.717, 1.165) is 135 Å². The molecule has 78 heavy (non-hydrogen) atoms. The lowest BCUT2D eigenvalue weighted by Crippen LogP contribution is -2.37. The summed E-state index contributed by atoms with van der Waals surface area (Å²) >= 11 is 0. The number of ether oxygens (including phenoxy) is 2. The number of hydrogen-bond acceptors (Lipinski definition) is 8. The van der Waals surface area contributed by atoms with Gasteiger partial charge in [0.15, 0.2) is 6.10 Å². The molecule has 0 heterocycles. The molecule has 0 spiro atoms. The van der Waals surface area contributed by atoms with Crippen molar-refractivity contribution in [1.29, 1.82) is 0 Å². The first kappa shape index (κ1) is 73.9. The molecule has 0 amide bonds. The Morgan fingerprint density at radius 3 is 1.03 bits per heavy atom. The van der Waals surface area contributed by atoms with E-state index in [0.29, 0.717) is 23.9 Å². The summed E-state index contributed by atoms with van der Waals surface area (Å²) in [5.74, 6) is -0.869. The zero-order chi connectivity index (χ0) is 57.0. The van der Waals surface area contributed by atoms with Crippen molar-refractivity contribution in [2.24, 2.45) is 0 Å². The average molecular weight is 1100 g/mol. The Bertz CT molecular complexity index is 1820. The van der Waals surface area contributed by atoms with Crippen LogP contribution in [0.4, 0.5) is 0 Å². The molecule has 0 radical (unpaired) electrons. The van der Waals surface area contributed by atoms with Crippen LogP contribution in [-0.4, -0.2) is 70.0 Å². The van der Waals surface area contributed by atoms with Gasteiger partial charge in [-0.1, -0.05) is 237 Å². The van der Waals surface area contributed by atoms with E-state index in [9.17, 15) is 19.0 Å². The average Bonchev–Trinajstić information content (AvgIpc) is 3.41. The molecule has 0 aliphatic carbocycles. The van der Waals surface area contributed by atoms with Crippen molar-refractivity contribution in [3.8, 4) is 0 Å². The number of rotatable bonds is 54. The molecular weight excluding hydrogens is 990 g/mol. The number of allylic oxidation sites excluding steroid dienone is 24. The van der Waals surface area contributed by atoms with Gasteiger partial charge in [0.25, 0.3) is 7.82 Å². The van der Waals surface area contributed by atoms with Gasteiger partial charge in [0, 0.05) is 12.8 Å². The van der Waals surface area contributed by atoms with Crippen molar-refractivity contribution in [1.82, 2.24) is 0 Å². The highest BCUT2D eigenvalue weighted by Gasteiger charge is 2.21. The monoisotopic (exact) mass is 1100 g/mol. The third-order valence-corrected chi connectivity index (χ3v) is 13.3. The summed E-state index contributed by atoms with van der Waals surface area (Å²) < 4.78 is 34.2. The van der Waals surface area contributed by atoms with Gasteiger partial charge in [-0.25, -0.2) is 0 Å². The Labute approximate surface area is 478 Å². The summed E-state index contributed by atoms with van der Waals surface area (Å²) in [5.41, 5.74) is 0. The minimum atomic E-state index is -4.66. The maximum Gasteiger partial charge on any atom is 0.306 e. The van der Waals surface area contributed by atoms with Crippen LogP contribution < -0.4 is 4.89 Å². The number of unbranched alkanes of at least 4 members (excludes halogenated alkanes) is 16. The summed E-state index contributed by atoms with van der Waals surface area (Å²) in [5, 5.41) is 0. The van der Waals surface area contributed by atoms with E-state index >= 15 is 0 Å². The number of quaternary nitrogens is 1. The molecule has 0 aliphatic rings. The van der Waals surface area contributed by atoms with E-state index in [1.807, 2.05) is 21.1 Å². The molecule has 0 bridgehead atoms. The zero-order valence-corrected chi connectivity index (χ0v) is 50.9. The summed E-state index contributed by atoms with van der Waals surface area (Å²) in [6, 6.07) is 0. The predicted octanol–water partition coefficient (Wildman–Crippen LogP) is 18.8. The molecule has 442 valence electrons. The summed E-state index contributed by atoms with van der Waals surface area (Å²) in [7, 11) is 1.13. The van der Waals surface area contributed by atoms with Crippen molar-refractivity contribution in [3.05, 3.63) is 146 Å². The molecule has 9 nitrogen and oxygen atoms in total. The SMILES string of the molecule is CC/C=C\C/C=C\C/C=C\C/C=C\C/C=C\C/C=C\C/C=C\CCCCCCCC(=O)OC(COC(=O)CCCCCCCCCCCCC/C=C\C/C=C\C/C=C\C/C=C\C/C=C\CC)COP(=O)([O-])OCC[N+](C)(C)C. The van der Waals surface area contributed by atoms with E-state index in [2.05, 4.69) is 160 Å². The lowest BCUT2D eigenvalue weighted by molar-refractivity contribution is -0.870. The molecule has 0 aromatic rings. The Hall–Kier alpha value is -4.11. The number of esters is 2. The molecule has 0 N–H and O–H groups in total. The maximum absolute atomic E-state index is 12.8. The van der Waals surface area contributed by atoms with Crippen LogP contribution in [0.2, 0.25) is 0 Å². The van der Waals surface area contributed by atoms with Gasteiger partial charge in [-0.05, 0) is 116 Å². The van der Waals surface area contributed by atoms with Crippen LogP contribution in [0.5, 0.6) is 0 Å². The summed E-state index contributed by atoms with van der Waals surface area (Å²) in [6.07, 6.45) is 84.6. The van der Waals surface area contributed by atoms with Gasteiger partial charge in [-0.15, -0.1) is 0 Å². The van der Waals surface area contributed by atoms with Crippen LogP contribution in [0.1, 0.15) is 219 Å². The third-order valence-electron chi connectivity index (χ3n) is 12.4. The summed E-state index contributed by atoms with van der Waals surface area (Å²) in [4.78, 5) is 38.0. The number of phosphoric acid groups is 1. The number of carbonyl (C=O) groups is 2. The maximum atomic E-state index is 12.8. The van der Waals surface area contributed by atoms with Gasteiger partial charge in [-0.3, -0.25) is 14.2 Å². The summed E-state index contributed by atoms with van der Waals surface area (Å²) in [6.45, 7) is 3.97. The molecule has 0 rings (SSSR count). The van der Waals surface area contributed by atoms with E-state index in [1.54, 1.807) is 0 Å². The highest BCUT2D eigenvalue weighted by Crippen LogP contribution is 2.38. The first-order chi connectivity index (χ1) is 38.0. The fourth-order valence-corrected chi connectivity index (χ4v) is 8.45. The van der Waals surface area contributed by atoms with Crippen LogP contribution in [0.3, 0.4) is 0 Å². The lowest BCUT2D eigenvalue weighted by Gasteiger charge is -2.28. The number of hydrogen-bond donors (Lipinski definition) is 0. The van der Waals surface area contributed by atoms with Gasteiger partial charge in [0.05, 0.1) is 27.7 Å². The molecule has 10 heteroatoms. The first-order valence-electron chi connectivity index (χ1n) is 30.5. The molecule has 0 aromatic carbocycles. The molecule has 0 saturated heterocycles. The van der Waals surface area contributed by atoms with E-state index in [1.165, 1.54) is 44.9 Å². The van der Waals surface area contributed by atoms with Crippen molar-refractivity contribution >= 4 is 19.8 Å². The van der Waals surface area contributed by atoms with Crippen molar-refractivity contribution in [2.45, 2.75) is 225 Å². The highest BCUT2D eigenvalue weighted by atomic mass is 31.2. The van der Waals surface area contributed by atoms with Crippen molar-refractivity contribution in [3.63, 3.8) is 0 Å². The second kappa shape index (κ2) is 57.6.